The molecule has 2 rings (SSSR count). The predicted octanol–water partition coefficient (Wildman–Crippen LogP) is 0.108. The molecule has 1 saturated heterocycles. The van der Waals surface area contributed by atoms with Gasteiger partial charge in [0.05, 0.1) is 12.3 Å². The number of nitrogens with one attached hydrogen (secondary N) is 2. The summed E-state index contributed by atoms with van der Waals surface area (Å²) < 4.78 is 25.4. The van der Waals surface area contributed by atoms with Crippen molar-refractivity contribution in [2.45, 2.75) is 13.8 Å². The Morgan fingerprint density at radius 1 is 1.24 bits per heavy atom. The fraction of sp³-hybridized carbons (Fsp3) is 0.625. The Balaban J connectivity index is 1.87. The van der Waals surface area contributed by atoms with Crippen molar-refractivity contribution in [2.75, 3.05) is 56.5 Å². The number of anilines is 1. The normalized spacial score (nSPS) is 16.2. The van der Waals surface area contributed by atoms with E-state index in [2.05, 4.69) is 29.8 Å². The summed E-state index contributed by atoms with van der Waals surface area (Å²) in [7, 11) is -3.16. The molecule has 0 aliphatic carbocycles. The fourth-order valence-corrected chi connectivity index (χ4v) is 3.19. The molecule has 2 N–H and O–H groups in total. The molecule has 0 bridgehead atoms. The van der Waals surface area contributed by atoms with Gasteiger partial charge in [-0.05, 0) is 26.0 Å². The Hall–Kier alpha value is -1.87. The molecular formula is C16H28N6O2S. The number of aliphatic imine (C=N–C) groups is 1. The molecule has 0 aromatic carbocycles. The zero-order chi connectivity index (χ0) is 18.1. The lowest BCUT2D eigenvalue weighted by Crippen LogP contribution is -2.52. The molecule has 0 unspecified atom stereocenters. The van der Waals surface area contributed by atoms with Gasteiger partial charge in [0.15, 0.2) is 5.96 Å². The predicted molar refractivity (Wildman–Crippen MR) is 101 cm³/mol. The van der Waals surface area contributed by atoms with Crippen LogP contribution < -0.4 is 14.9 Å². The number of guanidine groups is 1. The van der Waals surface area contributed by atoms with Crippen LogP contribution in [0.4, 0.5) is 5.82 Å². The van der Waals surface area contributed by atoms with Gasteiger partial charge in [-0.25, -0.2) is 18.1 Å². The maximum atomic E-state index is 11.4. The molecule has 8 nitrogen and oxygen atoms in total. The van der Waals surface area contributed by atoms with Gasteiger partial charge in [0.1, 0.15) is 5.82 Å². The van der Waals surface area contributed by atoms with Gasteiger partial charge in [0, 0.05) is 45.5 Å². The van der Waals surface area contributed by atoms with Gasteiger partial charge < -0.3 is 15.1 Å². The quantitative estimate of drug-likeness (QED) is 0.403. The third-order valence-corrected chi connectivity index (χ3v) is 5.37. The van der Waals surface area contributed by atoms with Crippen molar-refractivity contribution in [2.24, 2.45) is 4.99 Å². The summed E-state index contributed by atoms with van der Waals surface area (Å²) in [4.78, 5) is 13.4. The SMILES string of the molecule is CCNC(=NCCNS(=O)(=O)CC)N1CCN(c2ccccn2)CC1. The van der Waals surface area contributed by atoms with Crippen LogP contribution >= 0.6 is 0 Å². The minimum absolute atomic E-state index is 0.0895. The molecule has 1 aliphatic rings. The van der Waals surface area contributed by atoms with Gasteiger partial charge in [0.25, 0.3) is 0 Å². The Labute approximate surface area is 150 Å². The van der Waals surface area contributed by atoms with Gasteiger partial charge in [-0.2, -0.15) is 0 Å². The Kier molecular flexibility index (Phi) is 7.45. The molecule has 0 saturated carbocycles. The second-order valence-electron chi connectivity index (χ2n) is 5.70. The molecule has 0 spiro atoms. The number of sulfonamides is 1. The Bertz CT molecular complexity index is 642. The van der Waals surface area contributed by atoms with Crippen molar-refractivity contribution in [3.63, 3.8) is 0 Å². The third-order valence-electron chi connectivity index (χ3n) is 3.96. The number of pyridine rings is 1. The molecule has 0 radical (unpaired) electrons. The van der Waals surface area contributed by atoms with Crippen LogP contribution in [0.2, 0.25) is 0 Å². The van der Waals surface area contributed by atoms with Gasteiger partial charge in [0.2, 0.25) is 10.0 Å². The average molecular weight is 369 g/mol. The van der Waals surface area contributed by atoms with Gasteiger partial charge >= 0.3 is 0 Å². The molecule has 1 aromatic heterocycles. The largest absolute Gasteiger partial charge is 0.357 e. The summed E-state index contributed by atoms with van der Waals surface area (Å²) in [5.41, 5.74) is 0. The van der Waals surface area contributed by atoms with Gasteiger partial charge in [-0.1, -0.05) is 6.07 Å². The summed E-state index contributed by atoms with van der Waals surface area (Å²) in [5.74, 6) is 1.92. The summed E-state index contributed by atoms with van der Waals surface area (Å²) in [6.45, 7) is 8.62. The maximum Gasteiger partial charge on any atom is 0.211 e. The van der Waals surface area contributed by atoms with Crippen LogP contribution in [0.5, 0.6) is 0 Å². The summed E-state index contributed by atoms with van der Waals surface area (Å²) in [6.07, 6.45) is 1.81. The first-order valence-corrected chi connectivity index (χ1v) is 10.4. The first kappa shape index (κ1) is 19.5. The molecule has 1 fully saturated rings. The van der Waals surface area contributed by atoms with Crippen LogP contribution in [-0.2, 0) is 10.0 Å². The highest BCUT2D eigenvalue weighted by molar-refractivity contribution is 7.89. The summed E-state index contributed by atoms with van der Waals surface area (Å²) in [5, 5.41) is 3.28. The van der Waals surface area contributed by atoms with Crippen molar-refractivity contribution in [3.05, 3.63) is 24.4 Å². The fourth-order valence-electron chi connectivity index (χ4n) is 2.58. The third kappa shape index (κ3) is 6.17. The van der Waals surface area contributed by atoms with E-state index < -0.39 is 10.0 Å². The van der Waals surface area contributed by atoms with Gasteiger partial charge in [-0.3, -0.25) is 4.99 Å². The summed E-state index contributed by atoms with van der Waals surface area (Å²) in [6, 6.07) is 5.94. The molecule has 9 heteroatoms. The maximum absolute atomic E-state index is 11.4. The van der Waals surface area contributed by atoms with Crippen molar-refractivity contribution in [3.8, 4) is 0 Å². The highest BCUT2D eigenvalue weighted by Crippen LogP contribution is 2.12. The van der Waals surface area contributed by atoms with Crippen molar-refractivity contribution in [1.29, 1.82) is 0 Å². The smallest absolute Gasteiger partial charge is 0.211 e. The molecule has 1 aliphatic heterocycles. The molecular weight excluding hydrogens is 340 g/mol. The van der Waals surface area contributed by atoms with Crippen LogP contribution in [0, 0.1) is 0 Å². The second kappa shape index (κ2) is 9.57. The van der Waals surface area contributed by atoms with E-state index in [1.165, 1.54) is 0 Å². The monoisotopic (exact) mass is 368 g/mol. The molecule has 1 aromatic rings. The topological polar surface area (TPSA) is 89.9 Å². The highest BCUT2D eigenvalue weighted by atomic mass is 32.2. The second-order valence-corrected chi connectivity index (χ2v) is 7.79. The number of piperazine rings is 1. The zero-order valence-electron chi connectivity index (χ0n) is 15.0. The van der Waals surface area contributed by atoms with Gasteiger partial charge in [-0.15, -0.1) is 0 Å². The van der Waals surface area contributed by atoms with E-state index in [4.69, 9.17) is 0 Å². The van der Waals surface area contributed by atoms with E-state index >= 15 is 0 Å². The van der Waals surface area contributed by atoms with Crippen molar-refractivity contribution >= 4 is 21.8 Å². The lowest BCUT2D eigenvalue weighted by atomic mass is 10.3. The number of rotatable bonds is 7. The Morgan fingerprint density at radius 3 is 2.60 bits per heavy atom. The Morgan fingerprint density at radius 2 is 2.00 bits per heavy atom. The van der Waals surface area contributed by atoms with E-state index in [1.54, 1.807) is 6.92 Å². The lowest BCUT2D eigenvalue weighted by molar-refractivity contribution is 0.371. The van der Waals surface area contributed by atoms with E-state index in [1.807, 2.05) is 31.3 Å². The average Bonchev–Trinajstić information content (AvgIpc) is 2.65. The number of hydrogen-bond donors (Lipinski definition) is 2. The van der Waals surface area contributed by atoms with Crippen LogP contribution in [-0.4, -0.2) is 75.8 Å². The van der Waals surface area contributed by atoms with Crippen LogP contribution in [0.1, 0.15) is 13.8 Å². The number of hydrogen-bond acceptors (Lipinski definition) is 5. The van der Waals surface area contributed by atoms with E-state index in [0.717, 1.165) is 44.5 Å². The van der Waals surface area contributed by atoms with Crippen molar-refractivity contribution in [1.82, 2.24) is 19.9 Å². The minimum atomic E-state index is -3.16. The molecule has 0 atom stereocenters. The molecule has 2 heterocycles. The molecule has 25 heavy (non-hydrogen) atoms. The zero-order valence-corrected chi connectivity index (χ0v) is 15.8. The number of nitrogens with zero attached hydrogens (tertiary/aromatic N) is 4. The minimum Gasteiger partial charge on any atom is -0.357 e. The van der Waals surface area contributed by atoms with Crippen LogP contribution in [0.25, 0.3) is 0 Å². The lowest BCUT2D eigenvalue weighted by Gasteiger charge is -2.37. The van der Waals surface area contributed by atoms with E-state index in [-0.39, 0.29) is 5.75 Å². The first-order valence-electron chi connectivity index (χ1n) is 8.72. The van der Waals surface area contributed by atoms with Crippen molar-refractivity contribution < 1.29 is 8.42 Å². The van der Waals surface area contributed by atoms with E-state index in [9.17, 15) is 8.42 Å². The summed E-state index contributed by atoms with van der Waals surface area (Å²) >= 11 is 0. The number of aromatic nitrogens is 1. The molecule has 140 valence electrons. The standard InChI is InChI=1S/C16H28N6O2S/c1-3-17-16(19-9-10-20-25(23,24)4-2)22-13-11-21(12-14-22)15-7-5-6-8-18-15/h5-8,20H,3-4,9-14H2,1-2H3,(H,17,19). The van der Waals surface area contributed by atoms with Crippen LogP contribution in [0.3, 0.4) is 0 Å². The molecule has 0 amide bonds. The van der Waals surface area contributed by atoms with Crippen LogP contribution in [0.15, 0.2) is 29.4 Å². The van der Waals surface area contributed by atoms with E-state index in [0.29, 0.717) is 13.1 Å². The first-order chi connectivity index (χ1) is 12.1. The highest BCUT2D eigenvalue weighted by Gasteiger charge is 2.20.